The van der Waals surface area contributed by atoms with Gasteiger partial charge in [-0.05, 0) is 18.2 Å². The molecule has 3 aromatic rings. The average molecular weight is 253 g/mol. The number of amides is 1. The van der Waals surface area contributed by atoms with Crippen LogP contribution >= 0.6 is 0 Å². The van der Waals surface area contributed by atoms with Crippen molar-refractivity contribution in [1.82, 2.24) is 15.2 Å². The molecule has 94 valence electrons. The lowest BCUT2D eigenvalue weighted by molar-refractivity contribution is 0.102. The van der Waals surface area contributed by atoms with Gasteiger partial charge >= 0.3 is 0 Å². The molecule has 0 atom stereocenters. The molecule has 0 aliphatic carbocycles. The summed E-state index contributed by atoms with van der Waals surface area (Å²) >= 11 is 0. The van der Waals surface area contributed by atoms with Gasteiger partial charge in [0.2, 0.25) is 0 Å². The van der Waals surface area contributed by atoms with Crippen molar-refractivity contribution >= 4 is 28.2 Å². The van der Waals surface area contributed by atoms with E-state index in [2.05, 4.69) is 20.5 Å². The summed E-state index contributed by atoms with van der Waals surface area (Å²) in [4.78, 5) is 16.1. The smallest absolute Gasteiger partial charge is 0.276 e. The van der Waals surface area contributed by atoms with E-state index in [1.807, 2.05) is 12.1 Å². The number of H-pyrrole nitrogens is 1. The Morgan fingerprint density at radius 2 is 2.16 bits per heavy atom. The summed E-state index contributed by atoms with van der Waals surface area (Å²) in [7, 11) is 0. The highest BCUT2D eigenvalue weighted by molar-refractivity contribution is 6.09. The Morgan fingerprint density at radius 3 is 3.00 bits per heavy atom. The molecule has 0 radical (unpaired) electrons. The van der Waals surface area contributed by atoms with Gasteiger partial charge < -0.3 is 11.1 Å². The van der Waals surface area contributed by atoms with E-state index >= 15 is 0 Å². The number of hydrogen-bond acceptors (Lipinski definition) is 4. The number of pyridine rings is 1. The Balaban J connectivity index is 1.95. The van der Waals surface area contributed by atoms with E-state index in [-0.39, 0.29) is 11.6 Å². The molecule has 0 fully saturated rings. The fourth-order valence-corrected chi connectivity index (χ4v) is 1.86. The van der Waals surface area contributed by atoms with E-state index in [9.17, 15) is 4.79 Å². The van der Waals surface area contributed by atoms with Gasteiger partial charge in [-0.2, -0.15) is 5.10 Å². The number of nitrogens with zero attached hydrogens (tertiary/aromatic N) is 2. The van der Waals surface area contributed by atoms with Gasteiger partial charge in [0.1, 0.15) is 0 Å². The quantitative estimate of drug-likeness (QED) is 0.648. The summed E-state index contributed by atoms with van der Waals surface area (Å²) in [6.45, 7) is 0. The number of benzene rings is 1. The zero-order valence-corrected chi connectivity index (χ0v) is 9.92. The van der Waals surface area contributed by atoms with E-state index in [1.54, 1.807) is 24.4 Å². The fourth-order valence-electron chi connectivity index (χ4n) is 1.86. The van der Waals surface area contributed by atoms with E-state index in [4.69, 9.17) is 5.73 Å². The van der Waals surface area contributed by atoms with E-state index in [1.165, 1.54) is 6.20 Å². The Hall–Kier alpha value is -2.89. The van der Waals surface area contributed by atoms with Crippen LogP contribution < -0.4 is 11.1 Å². The average Bonchev–Trinajstić information content (AvgIpc) is 2.88. The molecule has 2 heterocycles. The fraction of sp³-hybridized carbons (Fsp3) is 0. The molecule has 3 rings (SSSR count). The third-order valence-electron chi connectivity index (χ3n) is 2.78. The number of para-hydroxylation sites is 1. The monoisotopic (exact) mass is 253 g/mol. The number of aromatic nitrogens is 3. The molecule has 0 saturated heterocycles. The Morgan fingerprint density at radius 1 is 1.26 bits per heavy atom. The lowest BCUT2D eigenvalue weighted by atomic mass is 10.2. The van der Waals surface area contributed by atoms with Crippen LogP contribution in [0.15, 0.2) is 42.7 Å². The van der Waals surface area contributed by atoms with Gasteiger partial charge in [-0.15, -0.1) is 0 Å². The van der Waals surface area contributed by atoms with Crippen LogP contribution in [-0.4, -0.2) is 21.1 Å². The number of nitrogens with one attached hydrogen (secondary N) is 2. The highest BCUT2D eigenvalue weighted by Crippen LogP contribution is 2.21. The third kappa shape index (κ3) is 1.99. The number of nitrogen functional groups attached to an aromatic ring is 1. The van der Waals surface area contributed by atoms with Crippen molar-refractivity contribution in [1.29, 1.82) is 0 Å². The topological polar surface area (TPSA) is 96.7 Å². The zero-order valence-electron chi connectivity index (χ0n) is 9.92. The molecule has 6 nitrogen and oxygen atoms in total. The molecule has 0 unspecified atom stereocenters. The van der Waals surface area contributed by atoms with Crippen molar-refractivity contribution in [3.8, 4) is 0 Å². The second-order valence-corrected chi connectivity index (χ2v) is 4.04. The summed E-state index contributed by atoms with van der Waals surface area (Å²) in [6, 6.07) is 8.86. The van der Waals surface area contributed by atoms with Crippen LogP contribution in [-0.2, 0) is 0 Å². The Labute approximate surface area is 108 Å². The molecule has 0 bridgehead atoms. The lowest BCUT2D eigenvalue weighted by Crippen LogP contribution is -2.15. The summed E-state index contributed by atoms with van der Waals surface area (Å²) < 4.78 is 0. The first-order valence-corrected chi connectivity index (χ1v) is 5.69. The van der Waals surface area contributed by atoms with Crippen molar-refractivity contribution in [3.63, 3.8) is 0 Å². The maximum Gasteiger partial charge on any atom is 0.276 e. The predicted octanol–water partition coefficient (Wildman–Crippen LogP) is 1.79. The number of anilines is 2. The van der Waals surface area contributed by atoms with Crippen LogP contribution in [0.5, 0.6) is 0 Å². The van der Waals surface area contributed by atoms with Gasteiger partial charge in [-0.25, -0.2) is 4.98 Å². The Kier molecular flexibility index (Phi) is 2.60. The number of nitrogens with two attached hydrogens (primary N) is 1. The molecule has 19 heavy (non-hydrogen) atoms. The van der Waals surface area contributed by atoms with E-state index in [0.29, 0.717) is 11.4 Å². The van der Waals surface area contributed by atoms with Crippen molar-refractivity contribution < 1.29 is 4.79 Å². The van der Waals surface area contributed by atoms with Crippen molar-refractivity contribution in [3.05, 3.63) is 48.4 Å². The molecular formula is C13H11N5O. The molecule has 4 N–H and O–H groups in total. The summed E-state index contributed by atoms with van der Waals surface area (Å²) in [5.41, 5.74) is 7.69. The molecule has 2 aromatic heterocycles. The van der Waals surface area contributed by atoms with Gasteiger partial charge in [0.15, 0.2) is 5.69 Å². The first-order chi connectivity index (χ1) is 9.25. The second kappa shape index (κ2) is 4.41. The first kappa shape index (κ1) is 11.2. The molecule has 1 amide bonds. The van der Waals surface area contributed by atoms with E-state index in [0.717, 1.165) is 10.9 Å². The first-order valence-electron chi connectivity index (χ1n) is 5.69. The standard InChI is InChI=1S/C13H11N5O/c14-9-4-2-6-15-12(9)13(19)17-10-5-1-3-8-7-16-18-11(8)10/h1-7H,14H2,(H,16,18)(H,17,19). The minimum absolute atomic E-state index is 0.207. The van der Waals surface area contributed by atoms with Gasteiger partial charge in [0, 0.05) is 11.6 Å². The molecular weight excluding hydrogens is 242 g/mol. The molecule has 0 aliphatic heterocycles. The van der Waals surface area contributed by atoms with Gasteiger partial charge in [0.05, 0.1) is 23.1 Å². The summed E-state index contributed by atoms with van der Waals surface area (Å²) in [5.74, 6) is -0.347. The predicted molar refractivity (Wildman–Crippen MR) is 72.7 cm³/mol. The number of aromatic amines is 1. The SMILES string of the molecule is Nc1cccnc1C(=O)Nc1cccc2cn[nH]c12. The number of rotatable bonds is 2. The molecule has 0 saturated carbocycles. The maximum atomic E-state index is 12.1. The molecule has 6 heteroatoms. The minimum atomic E-state index is -0.347. The minimum Gasteiger partial charge on any atom is -0.397 e. The van der Waals surface area contributed by atoms with E-state index < -0.39 is 0 Å². The van der Waals surface area contributed by atoms with Crippen LogP contribution in [0.25, 0.3) is 10.9 Å². The highest BCUT2D eigenvalue weighted by atomic mass is 16.1. The molecule has 1 aromatic carbocycles. The van der Waals surface area contributed by atoms with Crippen molar-refractivity contribution in [2.24, 2.45) is 0 Å². The number of carbonyl (C=O) groups is 1. The largest absolute Gasteiger partial charge is 0.397 e. The summed E-state index contributed by atoms with van der Waals surface area (Å²) in [6.07, 6.45) is 3.22. The third-order valence-corrected chi connectivity index (χ3v) is 2.78. The Bertz CT molecular complexity index is 749. The van der Waals surface area contributed by atoms with Gasteiger partial charge in [-0.3, -0.25) is 9.89 Å². The van der Waals surface area contributed by atoms with Crippen LogP contribution in [0.3, 0.4) is 0 Å². The molecule has 0 spiro atoms. The number of fused-ring (bicyclic) bond motifs is 1. The van der Waals surface area contributed by atoms with Crippen LogP contribution in [0.2, 0.25) is 0 Å². The normalized spacial score (nSPS) is 10.5. The van der Waals surface area contributed by atoms with Crippen molar-refractivity contribution in [2.45, 2.75) is 0 Å². The van der Waals surface area contributed by atoms with Crippen LogP contribution in [0.1, 0.15) is 10.5 Å². The molecule has 0 aliphatic rings. The number of hydrogen-bond donors (Lipinski definition) is 3. The second-order valence-electron chi connectivity index (χ2n) is 4.04. The van der Waals surface area contributed by atoms with Crippen molar-refractivity contribution in [2.75, 3.05) is 11.1 Å². The summed E-state index contributed by atoms with van der Waals surface area (Å²) in [5, 5.41) is 10.5. The maximum absolute atomic E-state index is 12.1. The van der Waals surface area contributed by atoms with Gasteiger partial charge in [0.25, 0.3) is 5.91 Å². The van der Waals surface area contributed by atoms with Gasteiger partial charge in [-0.1, -0.05) is 12.1 Å². The highest BCUT2D eigenvalue weighted by Gasteiger charge is 2.12. The zero-order chi connectivity index (χ0) is 13.2. The lowest BCUT2D eigenvalue weighted by Gasteiger charge is -2.07. The number of carbonyl (C=O) groups excluding carboxylic acids is 1. The van der Waals surface area contributed by atoms with Crippen LogP contribution in [0.4, 0.5) is 11.4 Å². The van der Waals surface area contributed by atoms with Crippen LogP contribution in [0, 0.1) is 0 Å².